The van der Waals surface area contributed by atoms with Gasteiger partial charge in [0.15, 0.2) is 9.84 Å². The number of hydrogen-bond acceptors (Lipinski definition) is 4. The summed E-state index contributed by atoms with van der Waals surface area (Å²) in [4.78, 5) is -0.358. The molecular weight excluding hydrogens is 361 g/mol. The summed E-state index contributed by atoms with van der Waals surface area (Å²) in [6.07, 6.45) is 0. The lowest BCUT2D eigenvalue weighted by molar-refractivity contribution is 0.412. The van der Waals surface area contributed by atoms with E-state index in [1.807, 2.05) is 0 Å². The van der Waals surface area contributed by atoms with E-state index in [2.05, 4.69) is 15.9 Å². The lowest BCUT2D eigenvalue weighted by Crippen LogP contribution is -2.08. The van der Waals surface area contributed by atoms with Crippen molar-refractivity contribution in [2.24, 2.45) is 0 Å². The molecule has 0 spiro atoms. The highest BCUT2D eigenvalue weighted by atomic mass is 79.9. The number of rotatable bonds is 4. The molecule has 0 aliphatic rings. The number of nitrogens with two attached hydrogens (primary N) is 1. The first-order valence-corrected chi connectivity index (χ1v) is 8.38. The second-order valence-corrected chi connectivity index (χ2v) is 7.23. The van der Waals surface area contributed by atoms with Crippen molar-refractivity contribution < 1.29 is 17.5 Å². The first-order chi connectivity index (χ1) is 9.83. The molecule has 2 aromatic carbocycles. The van der Waals surface area contributed by atoms with Gasteiger partial charge in [0.2, 0.25) is 0 Å². The van der Waals surface area contributed by atoms with Crippen LogP contribution in [-0.2, 0) is 15.6 Å². The van der Waals surface area contributed by atoms with Gasteiger partial charge in [-0.05, 0) is 51.8 Å². The number of halogens is 2. The predicted octanol–water partition coefficient (Wildman–Crippen LogP) is 3.15. The van der Waals surface area contributed by atoms with Gasteiger partial charge in [0.1, 0.15) is 16.5 Å². The molecule has 4 nitrogen and oxygen atoms in total. The quantitative estimate of drug-likeness (QED) is 0.835. The van der Waals surface area contributed by atoms with Gasteiger partial charge in [0, 0.05) is 5.69 Å². The largest absolute Gasteiger partial charge is 0.496 e. The lowest BCUT2D eigenvalue weighted by atomic mass is 10.2. The molecule has 2 rings (SSSR count). The molecule has 0 fully saturated rings. The number of sulfone groups is 1. The third-order valence-electron chi connectivity index (χ3n) is 2.86. The van der Waals surface area contributed by atoms with Crippen molar-refractivity contribution in [2.75, 3.05) is 12.8 Å². The van der Waals surface area contributed by atoms with Gasteiger partial charge in [0.25, 0.3) is 0 Å². The van der Waals surface area contributed by atoms with E-state index in [1.165, 1.54) is 19.2 Å². The fourth-order valence-electron chi connectivity index (χ4n) is 1.87. The van der Waals surface area contributed by atoms with Crippen molar-refractivity contribution in [1.82, 2.24) is 0 Å². The van der Waals surface area contributed by atoms with Crippen molar-refractivity contribution >= 4 is 31.5 Å². The van der Waals surface area contributed by atoms with Gasteiger partial charge in [-0.3, -0.25) is 0 Å². The predicted molar refractivity (Wildman–Crippen MR) is 82.4 cm³/mol. The highest BCUT2D eigenvalue weighted by Gasteiger charge is 2.20. The van der Waals surface area contributed by atoms with Crippen LogP contribution < -0.4 is 10.5 Å². The fourth-order valence-corrected chi connectivity index (χ4v) is 3.86. The average molecular weight is 374 g/mol. The van der Waals surface area contributed by atoms with Gasteiger partial charge < -0.3 is 10.5 Å². The van der Waals surface area contributed by atoms with Gasteiger partial charge in [-0.15, -0.1) is 0 Å². The van der Waals surface area contributed by atoms with Crippen molar-refractivity contribution in [3.63, 3.8) is 0 Å². The molecule has 0 amide bonds. The van der Waals surface area contributed by atoms with E-state index in [0.717, 1.165) is 6.07 Å². The zero-order valence-corrected chi connectivity index (χ0v) is 13.5. The SMILES string of the molecule is COc1ccc(CS(=O)(=O)c2ccc(N)cc2F)cc1Br. The summed E-state index contributed by atoms with van der Waals surface area (Å²) in [5.41, 5.74) is 6.13. The van der Waals surface area contributed by atoms with Crippen LogP contribution in [0.2, 0.25) is 0 Å². The molecule has 0 aliphatic heterocycles. The summed E-state index contributed by atoms with van der Waals surface area (Å²) in [6, 6.07) is 8.44. The van der Waals surface area contributed by atoms with Crippen LogP contribution in [-0.4, -0.2) is 15.5 Å². The maximum atomic E-state index is 13.8. The Morgan fingerprint density at radius 2 is 1.95 bits per heavy atom. The molecule has 0 bridgehead atoms. The van der Waals surface area contributed by atoms with Gasteiger partial charge in [0.05, 0.1) is 17.3 Å². The Kier molecular flexibility index (Phi) is 4.53. The number of methoxy groups -OCH3 is 1. The Morgan fingerprint density at radius 1 is 1.24 bits per heavy atom. The number of ether oxygens (including phenoxy) is 1. The van der Waals surface area contributed by atoms with Gasteiger partial charge in [-0.25, -0.2) is 12.8 Å². The minimum atomic E-state index is -3.79. The Morgan fingerprint density at radius 3 is 2.52 bits per heavy atom. The summed E-state index contributed by atoms with van der Waals surface area (Å²) < 4.78 is 44.0. The van der Waals surface area contributed by atoms with Gasteiger partial charge >= 0.3 is 0 Å². The summed E-state index contributed by atoms with van der Waals surface area (Å²) in [6.45, 7) is 0. The first kappa shape index (κ1) is 15.8. The molecule has 0 radical (unpaired) electrons. The number of anilines is 1. The number of hydrogen-bond donors (Lipinski definition) is 1. The number of nitrogen functional groups attached to an aromatic ring is 1. The topological polar surface area (TPSA) is 69.4 Å². The minimum Gasteiger partial charge on any atom is -0.496 e. The van der Waals surface area contributed by atoms with Crippen molar-refractivity contribution in [2.45, 2.75) is 10.6 Å². The Hall–Kier alpha value is -1.60. The van der Waals surface area contributed by atoms with Crippen molar-refractivity contribution in [3.05, 3.63) is 52.3 Å². The Bertz CT molecular complexity index is 778. The van der Waals surface area contributed by atoms with E-state index < -0.39 is 15.7 Å². The molecule has 0 aromatic heterocycles. The van der Waals surface area contributed by atoms with Gasteiger partial charge in [-0.1, -0.05) is 6.07 Å². The van der Waals surface area contributed by atoms with Crippen LogP contribution in [0.25, 0.3) is 0 Å². The standard InChI is InChI=1S/C14H13BrFNO3S/c1-20-13-4-2-9(6-11(13)15)8-21(18,19)14-5-3-10(17)7-12(14)16/h2-7H,8,17H2,1H3. The first-order valence-electron chi connectivity index (χ1n) is 5.93. The molecule has 0 heterocycles. The van der Waals surface area contributed by atoms with E-state index in [9.17, 15) is 12.8 Å². The van der Waals surface area contributed by atoms with Crippen molar-refractivity contribution in [3.8, 4) is 5.75 Å². The van der Waals surface area contributed by atoms with Crippen molar-refractivity contribution in [1.29, 1.82) is 0 Å². The van der Waals surface area contributed by atoms with Crippen LogP contribution >= 0.6 is 15.9 Å². The van der Waals surface area contributed by atoms with E-state index in [1.54, 1.807) is 18.2 Å². The molecule has 0 saturated carbocycles. The molecule has 112 valence electrons. The summed E-state index contributed by atoms with van der Waals surface area (Å²) >= 11 is 3.28. The van der Waals surface area contributed by atoms with Crippen LogP contribution in [0.5, 0.6) is 5.75 Å². The van der Waals surface area contributed by atoms with E-state index >= 15 is 0 Å². The van der Waals surface area contributed by atoms with E-state index in [0.29, 0.717) is 15.8 Å². The normalized spacial score (nSPS) is 11.4. The summed E-state index contributed by atoms with van der Waals surface area (Å²) in [7, 11) is -2.28. The van der Waals surface area contributed by atoms with Crippen LogP contribution in [0, 0.1) is 5.82 Å². The molecule has 0 saturated heterocycles. The van der Waals surface area contributed by atoms with Crippen LogP contribution in [0.1, 0.15) is 5.56 Å². The second-order valence-electron chi connectivity index (χ2n) is 4.42. The zero-order chi connectivity index (χ0) is 15.6. The van der Waals surface area contributed by atoms with Crippen LogP contribution in [0.15, 0.2) is 45.8 Å². The van der Waals surface area contributed by atoms with Gasteiger partial charge in [-0.2, -0.15) is 0 Å². The molecular formula is C14H13BrFNO3S. The van der Waals surface area contributed by atoms with Crippen LogP contribution in [0.3, 0.4) is 0 Å². The van der Waals surface area contributed by atoms with Crippen LogP contribution in [0.4, 0.5) is 10.1 Å². The third kappa shape index (κ3) is 3.54. The van der Waals surface area contributed by atoms with E-state index in [4.69, 9.17) is 10.5 Å². The minimum absolute atomic E-state index is 0.179. The molecule has 0 unspecified atom stereocenters. The summed E-state index contributed by atoms with van der Waals surface area (Å²) in [5.74, 6) is -0.562. The smallest absolute Gasteiger partial charge is 0.185 e. The second kappa shape index (κ2) is 6.03. The molecule has 21 heavy (non-hydrogen) atoms. The van der Waals surface area contributed by atoms with E-state index in [-0.39, 0.29) is 16.3 Å². The monoisotopic (exact) mass is 373 g/mol. The molecule has 7 heteroatoms. The Balaban J connectivity index is 2.35. The fraction of sp³-hybridized carbons (Fsp3) is 0.143. The molecule has 2 N–H and O–H groups in total. The molecule has 2 aromatic rings. The highest BCUT2D eigenvalue weighted by Crippen LogP contribution is 2.28. The Labute approximate surface area is 130 Å². The maximum Gasteiger partial charge on any atom is 0.185 e. The maximum absolute atomic E-state index is 13.8. The average Bonchev–Trinajstić information content (AvgIpc) is 2.37. The molecule has 0 atom stereocenters. The lowest BCUT2D eigenvalue weighted by Gasteiger charge is -2.08. The third-order valence-corrected chi connectivity index (χ3v) is 5.20. The number of benzene rings is 2. The highest BCUT2D eigenvalue weighted by molar-refractivity contribution is 9.10. The molecule has 0 aliphatic carbocycles. The zero-order valence-electron chi connectivity index (χ0n) is 11.1. The summed E-state index contributed by atoms with van der Waals surface area (Å²) in [5, 5.41) is 0.